The van der Waals surface area contributed by atoms with E-state index in [1.165, 1.54) is 24.6 Å². The van der Waals surface area contributed by atoms with Crippen LogP contribution in [0.4, 0.5) is 4.79 Å². The maximum Gasteiger partial charge on any atom is 0.323 e. The molecule has 0 aromatic heterocycles. The lowest BCUT2D eigenvalue weighted by atomic mass is 10.2. The van der Waals surface area contributed by atoms with Gasteiger partial charge in [-0.2, -0.15) is 0 Å². The standard InChI is InChI=1S/C9H17N3OS/c1-14-8(10)11-9(13)12-6-4-2-3-5-7-12/h2-7H2,1H3,(H2,10,11,13). The van der Waals surface area contributed by atoms with Gasteiger partial charge in [0.25, 0.3) is 0 Å². The first-order valence-electron chi connectivity index (χ1n) is 4.92. The summed E-state index contributed by atoms with van der Waals surface area (Å²) in [4.78, 5) is 13.4. The number of hydrogen-bond donors (Lipinski definition) is 2. The smallest absolute Gasteiger partial charge is 0.323 e. The minimum Gasteiger partial charge on any atom is -0.324 e. The fourth-order valence-electron chi connectivity index (χ4n) is 1.50. The van der Waals surface area contributed by atoms with Gasteiger partial charge < -0.3 is 4.90 Å². The van der Waals surface area contributed by atoms with Crippen molar-refractivity contribution in [2.45, 2.75) is 25.7 Å². The fourth-order valence-corrected chi connectivity index (χ4v) is 1.69. The van der Waals surface area contributed by atoms with Crippen LogP contribution in [0.5, 0.6) is 0 Å². The van der Waals surface area contributed by atoms with Crippen molar-refractivity contribution in [2.24, 2.45) is 0 Å². The lowest BCUT2D eigenvalue weighted by molar-refractivity contribution is 0.205. The zero-order valence-corrected chi connectivity index (χ0v) is 9.32. The minimum atomic E-state index is -0.119. The molecule has 2 N–H and O–H groups in total. The van der Waals surface area contributed by atoms with E-state index >= 15 is 0 Å². The molecule has 4 nitrogen and oxygen atoms in total. The predicted octanol–water partition coefficient (Wildman–Crippen LogP) is 1.87. The topological polar surface area (TPSA) is 56.2 Å². The van der Waals surface area contributed by atoms with Crippen molar-refractivity contribution in [1.82, 2.24) is 10.2 Å². The molecule has 5 heteroatoms. The molecule has 0 unspecified atom stereocenters. The van der Waals surface area contributed by atoms with Crippen LogP contribution in [0, 0.1) is 5.41 Å². The van der Waals surface area contributed by atoms with Gasteiger partial charge in [-0.05, 0) is 19.1 Å². The quantitative estimate of drug-likeness (QED) is 0.479. The average molecular weight is 215 g/mol. The fraction of sp³-hybridized carbons (Fsp3) is 0.778. The lowest BCUT2D eigenvalue weighted by Gasteiger charge is -2.20. The van der Waals surface area contributed by atoms with E-state index in [0.717, 1.165) is 25.9 Å². The second-order valence-electron chi connectivity index (χ2n) is 3.36. The van der Waals surface area contributed by atoms with E-state index in [2.05, 4.69) is 5.32 Å². The monoisotopic (exact) mass is 215 g/mol. The molecule has 1 rings (SSSR count). The Labute approximate surface area is 88.9 Å². The molecule has 0 bridgehead atoms. The summed E-state index contributed by atoms with van der Waals surface area (Å²) in [6.07, 6.45) is 6.37. The highest BCUT2D eigenvalue weighted by Crippen LogP contribution is 2.09. The van der Waals surface area contributed by atoms with Gasteiger partial charge in [-0.25, -0.2) is 4.79 Å². The van der Waals surface area contributed by atoms with Crippen molar-refractivity contribution in [2.75, 3.05) is 19.3 Å². The summed E-state index contributed by atoms with van der Waals surface area (Å²) < 4.78 is 0. The minimum absolute atomic E-state index is 0.119. The lowest BCUT2D eigenvalue weighted by Crippen LogP contribution is -2.42. The summed E-state index contributed by atoms with van der Waals surface area (Å²) in [7, 11) is 0. The number of thioether (sulfide) groups is 1. The van der Waals surface area contributed by atoms with E-state index in [1.54, 1.807) is 11.2 Å². The molecule has 0 spiro atoms. The maximum absolute atomic E-state index is 11.6. The van der Waals surface area contributed by atoms with Crippen molar-refractivity contribution in [1.29, 1.82) is 5.41 Å². The first-order chi connectivity index (χ1) is 6.74. The Hall–Kier alpha value is -0.710. The van der Waals surface area contributed by atoms with Gasteiger partial charge in [-0.3, -0.25) is 10.7 Å². The molecule has 1 aliphatic rings. The third kappa shape index (κ3) is 3.57. The van der Waals surface area contributed by atoms with Gasteiger partial charge in [-0.1, -0.05) is 24.6 Å². The third-order valence-corrected chi connectivity index (χ3v) is 2.83. The van der Waals surface area contributed by atoms with E-state index < -0.39 is 0 Å². The Morgan fingerprint density at radius 3 is 2.36 bits per heavy atom. The zero-order valence-electron chi connectivity index (χ0n) is 8.51. The van der Waals surface area contributed by atoms with Crippen molar-refractivity contribution in [3.8, 4) is 0 Å². The predicted molar refractivity (Wildman–Crippen MR) is 59.8 cm³/mol. The summed E-state index contributed by atoms with van der Waals surface area (Å²) in [5, 5.41) is 10.1. The third-order valence-electron chi connectivity index (χ3n) is 2.32. The molecule has 0 atom stereocenters. The molecule has 0 radical (unpaired) electrons. The van der Waals surface area contributed by atoms with E-state index in [1.807, 2.05) is 0 Å². The molecule has 80 valence electrons. The Morgan fingerprint density at radius 2 is 1.86 bits per heavy atom. The number of urea groups is 1. The number of amidine groups is 1. The Bertz CT molecular complexity index is 212. The summed E-state index contributed by atoms with van der Waals surface area (Å²) in [6.45, 7) is 1.65. The van der Waals surface area contributed by atoms with Crippen molar-refractivity contribution < 1.29 is 4.79 Å². The summed E-state index contributed by atoms with van der Waals surface area (Å²) >= 11 is 1.25. The highest BCUT2D eigenvalue weighted by Gasteiger charge is 2.15. The van der Waals surface area contributed by atoms with E-state index in [9.17, 15) is 4.79 Å². The number of likely N-dealkylation sites (tertiary alicyclic amines) is 1. The van der Waals surface area contributed by atoms with Crippen LogP contribution < -0.4 is 5.32 Å². The van der Waals surface area contributed by atoms with E-state index in [-0.39, 0.29) is 11.2 Å². The Kier molecular flexibility index (Phi) is 4.79. The SMILES string of the molecule is CSC(=N)NC(=O)N1CCCCCC1. The molecule has 14 heavy (non-hydrogen) atoms. The molecule has 0 aromatic rings. The molecule has 1 fully saturated rings. The number of amides is 2. The van der Waals surface area contributed by atoms with Gasteiger partial charge in [0.05, 0.1) is 0 Å². The first kappa shape index (κ1) is 11.4. The van der Waals surface area contributed by atoms with E-state index in [4.69, 9.17) is 5.41 Å². The molecule has 0 aliphatic carbocycles. The number of carbonyl (C=O) groups excluding carboxylic acids is 1. The average Bonchev–Trinajstić information content (AvgIpc) is 2.45. The van der Waals surface area contributed by atoms with Gasteiger partial charge in [-0.15, -0.1) is 0 Å². The molecule has 1 heterocycles. The number of carbonyl (C=O) groups is 1. The zero-order chi connectivity index (χ0) is 10.4. The van der Waals surface area contributed by atoms with Gasteiger partial charge in [0, 0.05) is 13.1 Å². The van der Waals surface area contributed by atoms with Crippen molar-refractivity contribution in [3.05, 3.63) is 0 Å². The van der Waals surface area contributed by atoms with Crippen LogP contribution in [-0.2, 0) is 0 Å². The van der Waals surface area contributed by atoms with Crippen molar-refractivity contribution >= 4 is 23.0 Å². The second kappa shape index (κ2) is 5.90. The van der Waals surface area contributed by atoms with Crippen LogP contribution in [0.3, 0.4) is 0 Å². The molecule has 1 aliphatic heterocycles. The van der Waals surface area contributed by atoms with Crippen LogP contribution in [-0.4, -0.2) is 35.4 Å². The Balaban J connectivity index is 2.38. The van der Waals surface area contributed by atoms with Crippen LogP contribution in [0.2, 0.25) is 0 Å². The van der Waals surface area contributed by atoms with Gasteiger partial charge in [0.1, 0.15) is 0 Å². The normalized spacial score (nSPS) is 17.4. The van der Waals surface area contributed by atoms with Gasteiger partial charge >= 0.3 is 6.03 Å². The highest BCUT2D eigenvalue weighted by molar-refractivity contribution is 8.13. The maximum atomic E-state index is 11.6. The summed E-state index contributed by atoms with van der Waals surface area (Å²) in [6, 6.07) is -0.119. The second-order valence-corrected chi connectivity index (χ2v) is 4.18. The summed E-state index contributed by atoms with van der Waals surface area (Å²) in [5.74, 6) is 0. The van der Waals surface area contributed by atoms with Gasteiger partial charge in [0.2, 0.25) is 0 Å². The largest absolute Gasteiger partial charge is 0.324 e. The van der Waals surface area contributed by atoms with Crippen LogP contribution >= 0.6 is 11.8 Å². The highest BCUT2D eigenvalue weighted by atomic mass is 32.2. The number of rotatable bonds is 0. The molecular weight excluding hydrogens is 198 g/mol. The van der Waals surface area contributed by atoms with Gasteiger partial charge in [0.15, 0.2) is 5.17 Å². The van der Waals surface area contributed by atoms with Crippen LogP contribution in [0.1, 0.15) is 25.7 Å². The van der Waals surface area contributed by atoms with E-state index in [0.29, 0.717) is 0 Å². The van der Waals surface area contributed by atoms with Crippen molar-refractivity contribution in [3.63, 3.8) is 0 Å². The number of nitrogens with zero attached hydrogens (tertiary/aromatic N) is 1. The van der Waals surface area contributed by atoms with Crippen LogP contribution in [0.25, 0.3) is 0 Å². The Morgan fingerprint density at radius 1 is 1.29 bits per heavy atom. The molecule has 2 amide bonds. The molecule has 0 saturated carbocycles. The number of hydrogen-bond acceptors (Lipinski definition) is 3. The molecule has 1 saturated heterocycles. The number of nitrogens with one attached hydrogen (secondary N) is 2. The molecule has 0 aromatic carbocycles. The van der Waals surface area contributed by atoms with Crippen LogP contribution in [0.15, 0.2) is 0 Å². The first-order valence-corrected chi connectivity index (χ1v) is 6.15. The summed E-state index contributed by atoms with van der Waals surface area (Å²) in [5.41, 5.74) is 0. The molecular formula is C9H17N3OS.